The largest absolute Gasteiger partial charge is 0.493 e. The van der Waals surface area contributed by atoms with E-state index in [2.05, 4.69) is 0 Å². The van der Waals surface area contributed by atoms with Gasteiger partial charge < -0.3 is 23.8 Å². The topological polar surface area (TPSA) is 74.3 Å². The highest BCUT2D eigenvalue weighted by Crippen LogP contribution is 2.40. The molecule has 2 aliphatic rings. The van der Waals surface area contributed by atoms with Crippen LogP contribution in [0.4, 0.5) is 5.69 Å². The van der Waals surface area contributed by atoms with Gasteiger partial charge in [-0.05, 0) is 37.1 Å². The van der Waals surface area contributed by atoms with Crippen LogP contribution >= 0.6 is 0 Å². The summed E-state index contributed by atoms with van der Waals surface area (Å²) in [5, 5.41) is 0. The average molecular weight is 383 g/mol. The zero-order valence-electron chi connectivity index (χ0n) is 15.8. The molecule has 28 heavy (non-hydrogen) atoms. The van der Waals surface area contributed by atoms with Crippen molar-refractivity contribution in [2.45, 2.75) is 19.4 Å². The van der Waals surface area contributed by atoms with Gasteiger partial charge in [-0.15, -0.1) is 0 Å². The third-order valence-corrected chi connectivity index (χ3v) is 4.87. The summed E-state index contributed by atoms with van der Waals surface area (Å²) < 4.78 is 21.6. The van der Waals surface area contributed by atoms with E-state index < -0.39 is 5.97 Å². The number of methoxy groups -OCH3 is 1. The summed E-state index contributed by atoms with van der Waals surface area (Å²) in [6.07, 6.45) is 0.787. The molecule has 0 bridgehead atoms. The van der Waals surface area contributed by atoms with Gasteiger partial charge in [0.25, 0.3) is 5.91 Å². The first kappa shape index (κ1) is 18.2. The number of carbonyl (C=O) groups excluding carboxylic acids is 2. The minimum Gasteiger partial charge on any atom is -0.493 e. The Hall–Kier alpha value is -3.22. The first-order chi connectivity index (χ1) is 13.6. The van der Waals surface area contributed by atoms with Gasteiger partial charge in [0, 0.05) is 11.7 Å². The van der Waals surface area contributed by atoms with Gasteiger partial charge in [-0.3, -0.25) is 4.79 Å². The highest BCUT2D eigenvalue weighted by Gasteiger charge is 2.31. The molecular weight excluding hydrogens is 362 g/mol. The summed E-state index contributed by atoms with van der Waals surface area (Å²) >= 11 is 0. The van der Waals surface area contributed by atoms with Gasteiger partial charge in [0.15, 0.2) is 18.1 Å². The van der Waals surface area contributed by atoms with Crippen LogP contribution in [-0.4, -0.2) is 44.8 Å². The van der Waals surface area contributed by atoms with Crippen LogP contribution in [0.15, 0.2) is 36.4 Å². The van der Waals surface area contributed by atoms with Crippen LogP contribution in [0.3, 0.4) is 0 Å². The van der Waals surface area contributed by atoms with E-state index in [0.717, 1.165) is 17.7 Å². The molecule has 2 aromatic rings. The maximum absolute atomic E-state index is 12.7. The third kappa shape index (κ3) is 3.24. The molecule has 2 aromatic carbocycles. The van der Waals surface area contributed by atoms with Crippen molar-refractivity contribution in [1.29, 1.82) is 0 Å². The number of ether oxygens (including phenoxy) is 4. The molecule has 0 fully saturated rings. The van der Waals surface area contributed by atoms with Crippen molar-refractivity contribution in [3.63, 3.8) is 0 Å². The second-order valence-electron chi connectivity index (χ2n) is 6.72. The van der Waals surface area contributed by atoms with Crippen LogP contribution in [0.2, 0.25) is 0 Å². The Morgan fingerprint density at radius 2 is 1.96 bits per heavy atom. The van der Waals surface area contributed by atoms with Crippen LogP contribution in [0.1, 0.15) is 22.8 Å². The summed E-state index contributed by atoms with van der Waals surface area (Å²) in [6, 6.07) is 10.8. The molecule has 7 nitrogen and oxygen atoms in total. The Kier molecular flexibility index (Phi) is 4.81. The van der Waals surface area contributed by atoms with Crippen LogP contribution in [0.5, 0.6) is 17.2 Å². The van der Waals surface area contributed by atoms with Crippen LogP contribution < -0.4 is 19.1 Å². The molecule has 0 saturated carbocycles. The number of hydrogen-bond acceptors (Lipinski definition) is 6. The minimum atomic E-state index is -0.622. The lowest BCUT2D eigenvalue weighted by Crippen LogP contribution is -2.38. The normalized spacial score (nSPS) is 17.1. The van der Waals surface area contributed by atoms with E-state index in [0.29, 0.717) is 30.5 Å². The van der Waals surface area contributed by atoms with Gasteiger partial charge in [-0.25, -0.2) is 4.79 Å². The van der Waals surface area contributed by atoms with E-state index in [9.17, 15) is 9.59 Å². The Labute approximate surface area is 162 Å². The molecule has 7 heteroatoms. The molecule has 4 rings (SSSR count). The van der Waals surface area contributed by atoms with Gasteiger partial charge in [0.05, 0.1) is 12.7 Å². The molecule has 146 valence electrons. The molecule has 0 unspecified atom stereocenters. The van der Waals surface area contributed by atoms with E-state index in [1.807, 2.05) is 31.2 Å². The Bertz CT molecular complexity index is 908. The van der Waals surface area contributed by atoms with Crippen molar-refractivity contribution in [2.75, 3.05) is 31.8 Å². The third-order valence-electron chi connectivity index (χ3n) is 4.87. The molecule has 0 N–H and O–H groups in total. The molecule has 1 amide bonds. The van der Waals surface area contributed by atoms with E-state index in [-0.39, 0.29) is 24.1 Å². The molecule has 0 saturated heterocycles. The standard InChI is InChI=1S/C21H21NO6/c1-13-9-14-5-3-4-6-16(14)22(13)19(23)12-28-21(24)15-10-17(25-2)20-18(11-15)26-7-8-27-20/h3-6,10-11,13H,7-9,12H2,1-2H3/t13-/m1/s1. The number of rotatable bonds is 4. The highest BCUT2D eigenvalue weighted by molar-refractivity contribution is 5.99. The van der Waals surface area contributed by atoms with Crippen LogP contribution in [0, 0.1) is 0 Å². The Balaban J connectivity index is 1.47. The predicted molar refractivity (Wildman–Crippen MR) is 101 cm³/mol. The van der Waals surface area contributed by atoms with Gasteiger partial charge in [0.2, 0.25) is 5.75 Å². The number of esters is 1. The molecule has 1 atom stereocenters. The van der Waals surface area contributed by atoms with E-state index in [4.69, 9.17) is 18.9 Å². The number of nitrogens with zero attached hydrogens (tertiary/aromatic N) is 1. The fourth-order valence-electron chi connectivity index (χ4n) is 3.62. The molecule has 2 aliphatic heterocycles. The monoisotopic (exact) mass is 383 g/mol. The quantitative estimate of drug-likeness (QED) is 0.756. The number of benzene rings is 2. The van der Waals surface area contributed by atoms with Crippen molar-refractivity contribution >= 4 is 17.6 Å². The number of para-hydroxylation sites is 1. The summed E-state index contributed by atoms with van der Waals surface area (Å²) in [5.41, 5.74) is 2.23. The molecule has 2 heterocycles. The fraction of sp³-hybridized carbons (Fsp3) is 0.333. The lowest BCUT2D eigenvalue weighted by Gasteiger charge is -2.23. The fourth-order valence-corrected chi connectivity index (χ4v) is 3.62. The van der Waals surface area contributed by atoms with Gasteiger partial charge in [-0.2, -0.15) is 0 Å². The number of hydrogen-bond donors (Lipinski definition) is 0. The van der Waals surface area contributed by atoms with E-state index in [1.165, 1.54) is 19.2 Å². The molecule has 0 aliphatic carbocycles. The Morgan fingerprint density at radius 1 is 1.18 bits per heavy atom. The van der Waals surface area contributed by atoms with E-state index >= 15 is 0 Å². The number of anilines is 1. The van der Waals surface area contributed by atoms with Crippen molar-refractivity contribution < 1.29 is 28.5 Å². The van der Waals surface area contributed by atoms with Crippen molar-refractivity contribution in [3.05, 3.63) is 47.5 Å². The zero-order valence-corrected chi connectivity index (χ0v) is 15.8. The summed E-state index contributed by atoms with van der Waals surface area (Å²) in [5.74, 6) is 0.395. The van der Waals surface area contributed by atoms with Gasteiger partial charge >= 0.3 is 5.97 Å². The van der Waals surface area contributed by atoms with Crippen LogP contribution in [0.25, 0.3) is 0 Å². The maximum Gasteiger partial charge on any atom is 0.338 e. The highest BCUT2D eigenvalue weighted by atomic mass is 16.6. The maximum atomic E-state index is 12.7. The zero-order chi connectivity index (χ0) is 19.7. The van der Waals surface area contributed by atoms with Gasteiger partial charge in [-0.1, -0.05) is 18.2 Å². The smallest absolute Gasteiger partial charge is 0.338 e. The van der Waals surface area contributed by atoms with Crippen molar-refractivity contribution in [2.24, 2.45) is 0 Å². The number of carbonyl (C=O) groups is 2. The molecule has 0 radical (unpaired) electrons. The molecular formula is C21H21NO6. The Morgan fingerprint density at radius 3 is 2.79 bits per heavy atom. The number of amides is 1. The minimum absolute atomic E-state index is 0.0259. The molecule has 0 aromatic heterocycles. The SMILES string of the molecule is COc1cc(C(=O)OCC(=O)N2c3ccccc3C[C@H]2C)cc2c1OCCO2. The van der Waals surface area contributed by atoms with Crippen molar-refractivity contribution in [3.8, 4) is 17.2 Å². The summed E-state index contributed by atoms with van der Waals surface area (Å²) in [6.45, 7) is 2.44. The van der Waals surface area contributed by atoms with Crippen molar-refractivity contribution in [1.82, 2.24) is 0 Å². The number of fused-ring (bicyclic) bond motifs is 2. The predicted octanol–water partition coefficient (Wildman–Crippen LogP) is 2.60. The average Bonchev–Trinajstić information content (AvgIpc) is 3.06. The first-order valence-corrected chi connectivity index (χ1v) is 9.13. The van der Waals surface area contributed by atoms with Gasteiger partial charge in [0.1, 0.15) is 13.2 Å². The molecule has 0 spiro atoms. The van der Waals surface area contributed by atoms with E-state index in [1.54, 1.807) is 4.90 Å². The van der Waals surface area contributed by atoms with Crippen LogP contribution in [-0.2, 0) is 16.0 Å². The first-order valence-electron chi connectivity index (χ1n) is 9.13. The summed E-state index contributed by atoms with van der Waals surface area (Å²) in [4.78, 5) is 26.9. The lowest BCUT2D eigenvalue weighted by atomic mass is 10.1. The second-order valence-corrected chi connectivity index (χ2v) is 6.72. The second kappa shape index (κ2) is 7.42. The lowest BCUT2D eigenvalue weighted by molar-refractivity contribution is -0.122. The summed E-state index contributed by atoms with van der Waals surface area (Å²) in [7, 11) is 1.48.